The van der Waals surface area contributed by atoms with Crippen LogP contribution in [0.15, 0.2) is 18.2 Å². The molecule has 3 amide bonds. The molecule has 0 saturated carbocycles. The molecule has 2 atom stereocenters. The molecule has 5 nitrogen and oxygen atoms in total. The van der Waals surface area contributed by atoms with Gasteiger partial charge in [-0.05, 0) is 50.8 Å². The lowest BCUT2D eigenvalue weighted by atomic mass is 9.87. The Bertz CT molecular complexity index is 722. The minimum absolute atomic E-state index is 0.0123. The number of halogens is 1. The van der Waals surface area contributed by atoms with Crippen molar-refractivity contribution in [3.05, 3.63) is 35.1 Å². The molecule has 2 aliphatic rings. The van der Waals surface area contributed by atoms with Gasteiger partial charge in [0.25, 0.3) is 0 Å². The Labute approximate surface area is 171 Å². The number of thioether (sulfide) groups is 1. The molecule has 3 rings (SSSR count). The predicted octanol–water partition coefficient (Wildman–Crippen LogP) is 3.58. The molecule has 154 valence electrons. The first-order chi connectivity index (χ1) is 13.4. The van der Waals surface area contributed by atoms with E-state index in [2.05, 4.69) is 5.32 Å². The maximum atomic E-state index is 13.7. The Morgan fingerprint density at radius 1 is 1.21 bits per heavy atom. The van der Waals surface area contributed by atoms with Gasteiger partial charge in [0.05, 0.1) is 12.0 Å². The number of aryl methyl sites for hydroxylation is 1. The van der Waals surface area contributed by atoms with Crippen molar-refractivity contribution >= 4 is 23.7 Å². The van der Waals surface area contributed by atoms with Crippen molar-refractivity contribution in [2.45, 2.75) is 45.7 Å². The molecule has 0 unspecified atom stereocenters. The number of piperidine rings is 1. The molecule has 1 aromatic carbocycles. The molecule has 1 aromatic rings. The largest absolute Gasteiger partial charge is 0.341 e. The van der Waals surface area contributed by atoms with Gasteiger partial charge in [-0.2, -0.15) is 11.8 Å². The average molecular weight is 408 g/mol. The number of nitrogens with one attached hydrogen (secondary N) is 1. The molecule has 0 spiro atoms. The number of carbonyl (C=O) groups is 2. The van der Waals surface area contributed by atoms with Crippen LogP contribution >= 0.6 is 11.8 Å². The summed E-state index contributed by atoms with van der Waals surface area (Å²) in [5, 5.41) is 2.96. The number of likely N-dealkylation sites (tertiary alicyclic amines) is 1. The lowest BCUT2D eigenvalue weighted by Gasteiger charge is -2.41. The quantitative estimate of drug-likeness (QED) is 0.833. The molecule has 2 heterocycles. The van der Waals surface area contributed by atoms with E-state index in [1.165, 1.54) is 6.07 Å². The fraction of sp³-hybridized carbons (Fsp3) is 0.619. The molecule has 2 aliphatic heterocycles. The van der Waals surface area contributed by atoms with Crippen molar-refractivity contribution in [2.75, 3.05) is 31.1 Å². The third kappa shape index (κ3) is 4.80. The van der Waals surface area contributed by atoms with E-state index in [1.807, 2.05) is 36.6 Å². The molecule has 28 heavy (non-hydrogen) atoms. The smallest absolute Gasteiger partial charge is 0.318 e. The monoisotopic (exact) mass is 407 g/mol. The van der Waals surface area contributed by atoms with Crippen molar-refractivity contribution < 1.29 is 14.0 Å². The highest BCUT2D eigenvalue weighted by molar-refractivity contribution is 7.99. The Balaban J connectivity index is 1.80. The Morgan fingerprint density at radius 2 is 1.93 bits per heavy atom. The molecular weight excluding hydrogens is 377 g/mol. The van der Waals surface area contributed by atoms with E-state index in [4.69, 9.17) is 0 Å². The van der Waals surface area contributed by atoms with E-state index >= 15 is 0 Å². The SMILES string of the molecule is Cc1cc([C@H]2CC[C@H](C(=O)N3CCSCC3)CN2C(=O)NC(C)C)ccc1F. The zero-order chi connectivity index (χ0) is 20.3. The third-order valence-corrected chi connectivity index (χ3v) is 6.44. The molecule has 1 N–H and O–H groups in total. The van der Waals surface area contributed by atoms with Gasteiger partial charge >= 0.3 is 6.03 Å². The second kappa shape index (κ2) is 9.16. The Morgan fingerprint density at radius 3 is 2.57 bits per heavy atom. The van der Waals surface area contributed by atoms with Crippen LogP contribution < -0.4 is 5.32 Å². The van der Waals surface area contributed by atoms with Crippen LogP contribution in [0, 0.1) is 18.7 Å². The molecule has 0 bridgehead atoms. The normalized spacial score (nSPS) is 23.0. The number of urea groups is 1. The van der Waals surface area contributed by atoms with Gasteiger partial charge < -0.3 is 15.1 Å². The summed E-state index contributed by atoms with van der Waals surface area (Å²) in [6.07, 6.45) is 1.45. The number of amides is 3. The van der Waals surface area contributed by atoms with Gasteiger partial charge in [-0.15, -0.1) is 0 Å². The lowest BCUT2D eigenvalue weighted by Crippen LogP contribution is -2.52. The summed E-state index contributed by atoms with van der Waals surface area (Å²) in [6, 6.07) is 4.75. The van der Waals surface area contributed by atoms with E-state index in [0.717, 1.165) is 36.6 Å². The van der Waals surface area contributed by atoms with Crippen molar-refractivity contribution in [3.8, 4) is 0 Å². The predicted molar refractivity (Wildman–Crippen MR) is 111 cm³/mol. The summed E-state index contributed by atoms with van der Waals surface area (Å²) in [4.78, 5) is 29.6. The summed E-state index contributed by atoms with van der Waals surface area (Å²) in [7, 11) is 0. The van der Waals surface area contributed by atoms with Gasteiger partial charge in [0.1, 0.15) is 5.82 Å². The number of rotatable bonds is 3. The van der Waals surface area contributed by atoms with Crippen LogP contribution in [0.4, 0.5) is 9.18 Å². The molecule has 0 aliphatic carbocycles. The number of carbonyl (C=O) groups excluding carboxylic acids is 2. The van der Waals surface area contributed by atoms with Crippen LogP contribution in [0.5, 0.6) is 0 Å². The van der Waals surface area contributed by atoms with Gasteiger partial charge in [0.2, 0.25) is 5.91 Å². The highest BCUT2D eigenvalue weighted by atomic mass is 32.2. The molecule has 0 aromatic heterocycles. The maximum absolute atomic E-state index is 13.7. The Kier molecular flexibility index (Phi) is 6.86. The van der Waals surface area contributed by atoms with Crippen LogP contribution in [-0.4, -0.2) is 58.9 Å². The zero-order valence-electron chi connectivity index (χ0n) is 16.9. The molecular formula is C21H30FN3O2S. The third-order valence-electron chi connectivity index (χ3n) is 5.49. The Hall–Kier alpha value is -1.76. The lowest BCUT2D eigenvalue weighted by molar-refractivity contribution is -0.137. The number of hydrogen-bond donors (Lipinski definition) is 1. The number of nitrogens with zero attached hydrogens (tertiary/aromatic N) is 2. The molecule has 2 saturated heterocycles. The second-order valence-electron chi connectivity index (χ2n) is 7.99. The first-order valence-corrected chi connectivity index (χ1v) is 11.2. The van der Waals surface area contributed by atoms with Gasteiger partial charge in [0.15, 0.2) is 0 Å². The molecule has 0 radical (unpaired) electrons. The van der Waals surface area contributed by atoms with Gasteiger partial charge in [0, 0.05) is 37.2 Å². The van der Waals surface area contributed by atoms with E-state index in [-0.39, 0.29) is 35.8 Å². The summed E-state index contributed by atoms with van der Waals surface area (Å²) in [5.41, 5.74) is 1.50. The zero-order valence-corrected chi connectivity index (χ0v) is 17.7. The summed E-state index contributed by atoms with van der Waals surface area (Å²) in [5.74, 6) is 1.71. The standard InChI is InChI=1S/C21H30FN3O2S/c1-14(2)23-21(27)25-13-17(20(26)24-8-10-28-11-9-24)5-7-19(25)16-4-6-18(22)15(3)12-16/h4,6,12,14,17,19H,5,7-11,13H2,1-3H3,(H,23,27)/t17-,19+/m0/s1. The fourth-order valence-corrected chi connectivity index (χ4v) is 4.89. The van der Waals surface area contributed by atoms with E-state index in [9.17, 15) is 14.0 Å². The van der Waals surface area contributed by atoms with Crippen LogP contribution in [0.2, 0.25) is 0 Å². The highest BCUT2D eigenvalue weighted by Gasteiger charge is 2.37. The first kappa shape index (κ1) is 21.0. The fourth-order valence-electron chi connectivity index (χ4n) is 3.99. The maximum Gasteiger partial charge on any atom is 0.318 e. The van der Waals surface area contributed by atoms with Crippen molar-refractivity contribution in [3.63, 3.8) is 0 Å². The topological polar surface area (TPSA) is 52.7 Å². The van der Waals surface area contributed by atoms with Gasteiger partial charge in [-0.1, -0.05) is 12.1 Å². The van der Waals surface area contributed by atoms with Gasteiger partial charge in [-0.3, -0.25) is 4.79 Å². The number of hydrogen-bond acceptors (Lipinski definition) is 3. The molecule has 7 heteroatoms. The van der Waals surface area contributed by atoms with Crippen molar-refractivity contribution in [2.24, 2.45) is 5.92 Å². The van der Waals surface area contributed by atoms with E-state index in [1.54, 1.807) is 17.9 Å². The summed E-state index contributed by atoms with van der Waals surface area (Å²) < 4.78 is 13.7. The first-order valence-electron chi connectivity index (χ1n) is 10.1. The minimum atomic E-state index is -0.242. The van der Waals surface area contributed by atoms with E-state index < -0.39 is 0 Å². The average Bonchev–Trinajstić information content (AvgIpc) is 2.69. The van der Waals surface area contributed by atoms with Crippen LogP contribution in [0.3, 0.4) is 0 Å². The minimum Gasteiger partial charge on any atom is -0.341 e. The van der Waals surface area contributed by atoms with Crippen LogP contribution in [-0.2, 0) is 4.79 Å². The summed E-state index contributed by atoms with van der Waals surface area (Å²) in [6.45, 7) is 7.57. The molecule has 2 fully saturated rings. The highest BCUT2D eigenvalue weighted by Crippen LogP contribution is 2.35. The van der Waals surface area contributed by atoms with Crippen molar-refractivity contribution in [1.82, 2.24) is 15.1 Å². The van der Waals surface area contributed by atoms with Gasteiger partial charge in [-0.25, -0.2) is 9.18 Å². The summed E-state index contributed by atoms with van der Waals surface area (Å²) >= 11 is 1.88. The van der Waals surface area contributed by atoms with Crippen LogP contribution in [0.25, 0.3) is 0 Å². The second-order valence-corrected chi connectivity index (χ2v) is 9.22. The van der Waals surface area contributed by atoms with Crippen molar-refractivity contribution in [1.29, 1.82) is 0 Å². The van der Waals surface area contributed by atoms with E-state index in [0.29, 0.717) is 18.5 Å². The number of benzene rings is 1. The van der Waals surface area contributed by atoms with Crippen LogP contribution in [0.1, 0.15) is 43.9 Å².